The van der Waals surface area contributed by atoms with Crippen LogP contribution in [-0.4, -0.2) is 51.3 Å². The maximum atomic E-state index is 13.7. The van der Waals surface area contributed by atoms with Crippen LogP contribution in [0.25, 0.3) is 28.1 Å². The summed E-state index contributed by atoms with van der Waals surface area (Å²) in [7, 11) is 1.53. The molecule has 1 aromatic heterocycles. The van der Waals surface area contributed by atoms with Crippen LogP contribution in [0.3, 0.4) is 0 Å². The maximum Gasteiger partial charge on any atom is 0.328 e. The molecule has 0 aliphatic heterocycles. The number of benzene rings is 3. The Morgan fingerprint density at radius 1 is 1.07 bits per heavy atom. The Labute approximate surface area is 252 Å². The molecule has 1 unspecified atom stereocenters. The minimum atomic E-state index is -0.998. The van der Waals surface area contributed by atoms with Gasteiger partial charge in [-0.25, -0.2) is 9.18 Å². The normalized spacial score (nSPS) is 12.4. The standard InChI is InChI=1S/C26H20ClFN2O2.C6H12N2O3/c1-2-21(22-10-9-20(28)14-23(22)27)26(18-8-11-24-19(13-18)15-29-30-24)17-6-3-16(4-7-17)5-12-25(31)32;1-8-4(6(10)11)2-3-5(7)9/h3-15H,2H2,1H3,(H,29,30)(H,31,32);4,8H,2-3H2,1H3,(H2,7,9)(H,10,11). The molecule has 1 atom stereocenters. The summed E-state index contributed by atoms with van der Waals surface area (Å²) in [6, 6.07) is 17.4. The predicted octanol–water partition coefficient (Wildman–Crippen LogP) is 5.75. The van der Waals surface area contributed by atoms with Crippen LogP contribution in [0.1, 0.15) is 48.4 Å². The van der Waals surface area contributed by atoms with E-state index in [1.54, 1.807) is 18.3 Å². The van der Waals surface area contributed by atoms with E-state index in [0.717, 1.165) is 50.4 Å². The molecule has 9 nitrogen and oxygen atoms in total. The number of likely N-dealkylation sites (N-methyl/N-ethyl adjacent to an activating group) is 1. The highest BCUT2D eigenvalue weighted by atomic mass is 35.5. The first-order valence-corrected chi connectivity index (χ1v) is 13.7. The first-order chi connectivity index (χ1) is 20.5. The zero-order chi connectivity index (χ0) is 31.5. The number of carbonyl (C=O) groups is 3. The van der Waals surface area contributed by atoms with Crippen molar-refractivity contribution in [2.24, 2.45) is 5.73 Å². The zero-order valence-electron chi connectivity index (χ0n) is 23.6. The van der Waals surface area contributed by atoms with E-state index in [-0.39, 0.29) is 18.7 Å². The van der Waals surface area contributed by atoms with Gasteiger partial charge in [0.1, 0.15) is 11.9 Å². The lowest BCUT2D eigenvalue weighted by Crippen LogP contribution is -2.34. The lowest BCUT2D eigenvalue weighted by Gasteiger charge is -2.17. The van der Waals surface area contributed by atoms with Gasteiger partial charge < -0.3 is 21.3 Å². The van der Waals surface area contributed by atoms with Gasteiger partial charge in [0.25, 0.3) is 0 Å². The van der Waals surface area contributed by atoms with Crippen molar-refractivity contribution >= 4 is 57.6 Å². The molecule has 4 aromatic rings. The third-order valence-corrected chi connectivity index (χ3v) is 6.90. The van der Waals surface area contributed by atoms with Crippen molar-refractivity contribution in [3.05, 3.63) is 106 Å². The molecule has 3 aromatic carbocycles. The van der Waals surface area contributed by atoms with Crippen molar-refractivity contribution in [2.75, 3.05) is 7.05 Å². The molecule has 0 radical (unpaired) electrons. The van der Waals surface area contributed by atoms with Crippen LogP contribution in [0.5, 0.6) is 0 Å². The summed E-state index contributed by atoms with van der Waals surface area (Å²) >= 11 is 6.44. The number of aliphatic carboxylic acids is 2. The number of fused-ring (bicyclic) bond motifs is 1. The summed E-state index contributed by atoms with van der Waals surface area (Å²) in [5, 5.41) is 28.3. The Hall–Kier alpha value is -4.80. The number of carboxylic acid groups (broad SMARTS) is 2. The minimum Gasteiger partial charge on any atom is -0.480 e. The van der Waals surface area contributed by atoms with Crippen LogP contribution < -0.4 is 11.1 Å². The molecular formula is C32H32ClFN4O5. The second kappa shape index (κ2) is 15.4. The van der Waals surface area contributed by atoms with E-state index in [4.69, 9.17) is 27.5 Å². The Bertz CT molecular complexity index is 1660. The van der Waals surface area contributed by atoms with Crippen molar-refractivity contribution in [2.45, 2.75) is 32.2 Å². The predicted molar refractivity (Wildman–Crippen MR) is 166 cm³/mol. The molecule has 0 saturated carbocycles. The number of nitrogens with one attached hydrogen (secondary N) is 2. The van der Waals surface area contributed by atoms with Crippen LogP contribution >= 0.6 is 11.6 Å². The summed E-state index contributed by atoms with van der Waals surface area (Å²) in [6.45, 7) is 2.04. The van der Waals surface area contributed by atoms with Gasteiger partial charge in [-0.3, -0.25) is 14.7 Å². The number of carboxylic acids is 2. The van der Waals surface area contributed by atoms with Gasteiger partial charge in [-0.05, 0) is 83.6 Å². The average molecular weight is 607 g/mol. The molecule has 0 aliphatic carbocycles. The summed E-state index contributed by atoms with van der Waals surface area (Å²) in [4.78, 5) is 31.4. The number of rotatable bonds is 11. The molecule has 224 valence electrons. The number of hydrogen-bond acceptors (Lipinski definition) is 5. The van der Waals surface area contributed by atoms with Gasteiger partial charge in [0, 0.05) is 17.9 Å². The first kappa shape index (κ1) is 32.7. The van der Waals surface area contributed by atoms with Crippen LogP contribution in [-0.2, 0) is 14.4 Å². The van der Waals surface area contributed by atoms with Crippen LogP contribution in [0.4, 0.5) is 4.39 Å². The van der Waals surface area contributed by atoms with Crippen molar-refractivity contribution in [3.63, 3.8) is 0 Å². The smallest absolute Gasteiger partial charge is 0.328 e. The van der Waals surface area contributed by atoms with Crippen LogP contribution in [0.15, 0.2) is 72.9 Å². The zero-order valence-corrected chi connectivity index (χ0v) is 24.4. The number of aromatic nitrogens is 2. The average Bonchev–Trinajstić information content (AvgIpc) is 3.44. The Kier molecular flexibility index (Phi) is 11.7. The molecule has 11 heteroatoms. The fourth-order valence-corrected chi connectivity index (χ4v) is 4.74. The monoisotopic (exact) mass is 606 g/mol. The third-order valence-electron chi connectivity index (χ3n) is 6.58. The molecule has 1 heterocycles. The molecule has 0 saturated heterocycles. The highest BCUT2D eigenvalue weighted by Crippen LogP contribution is 2.38. The number of hydrogen-bond donors (Lipinski definition) is 5. The molecule has 0 fully saturated rings. The van der Waals surface area contributed by atoms with Crippen molar-refractivity contribution in [1.29, 1.82) is 0 Å². The highest BCUT2D eigenvalue weighted by Gasteiger charge is 2.17. The van der Waals surface area contributed by atoms with E-state index in [2.05, 4.69) is 21.6 Å². The first-order valence-electron chi connectivity index (χ1n) is 13.4. The number of nitrogens with zero attached hydrogens (tertiary/aromatic N) is 1. The second-order valence-corrected chi connectivity index (χ2v) is 9.89. The van der Waals surface area contributed by atoms with Crippen molar-refractivity contribution < 1.29 is 29.0 Å². The topological polar surface area (TPSA) is 158 Å². The van der Waals surface area contributed by atoms with Gasteiger partial charge in [-0.1, -0.05) is 54.9 Å². The Balaban J connectivity index is 0.000000393. The van der Waals surface area contributed by atoms with E-state index in [1.165, 1.54) is 19.2 Å². The molecule has 4 rings (SSSR count). The number of H-pyrrole nitrogens is 1. The number of carbonyl (C=O) groups excluding carboxylic acids is 1. The van der Waals surface area contributed by atoms with E-state index >= 15 is 0 Å². The lowest BCUT2D eigenvalue weighted by molar-refractivity contribution is -0.139. The molecular weight excluding hydrogens is 575 g/mol. The summed E-state index contributed by atoms with van der Waals surface area (Å²) in [5.41, 5.74) is 11.2. The summed E-state index contributed by atoms with van der Waals surface area (Å²) in [5.74, 6) is -2.83. The number of amides is 1. The van der Waals surface area contributed by atoms with Gasteiger partial charge in [-0.2, -0.15) is 5.10 Å². The summed E-state index contributed by atoms with van der Waals surface area (Å²) in [6.07, 6.45) is 5.43. The molecule has 6 N–H and O–H groups in total. The Morgan fingerprint density at radius 3 is 2.35 bits per heavy atom. The Morgan fingerprint density at radius 2 is 1.77 bits per heavy atom. The maximum absolute atomic E-state index is 13.7. The van der Waals surface area contributed by atoms with Gasteiger partial charge in [0.05, 0.1) is 16.7 Å². The fraction of sp³-hybridized carbons (Fsp3) is 0.188. The highest BCUT2D eigenvalue weighted by molar-refractivity contribution is 6.32. The van der Waals surface area contributed by atoms with Crippen molar-refractivity contribution in [3.8, 4) is 0 Å². The number of nitrogens with two attached hydrogens (primary N) is 1. The van der Waals surface area contributed by atoms with Gasteiger partial charge in [0.15, 0.2) is 0 Å². The van der Waals surface area contributed by atoms with Crippen molar-refractivity contribution in [1.82, 2.24) is 15.5 Å². The van der Waals surface area contributed by atoms with Crippen LogP contribution in [0.2, 0.25) is 5.02 Å². The van der Waals surface area contributed by atoms with Gasteiger partial charge in [-0.15, -0.1) is 0 Å². The number of allylic oxidation sites excluding steroid dienone is 1. The SMILES string of the molecule is CCC(=C(c1ccc(C=CC(=O)O)cc1)c1ccc2[nH]ncc2c1)c1ccc(F)cc1Cl.CNC(CCC(N)=O)C(=O)O. The van der Waals surface area contributed by atoms with E-state index in [9.17, 15) is 18.8 Å². The fourth-order valence-electron chi connectivity index (χ4n) is 4.46. The van der Waals surface area contributed by atoms with Gasteiger partial charge in [0.2, 0.25) is 5.91 Å². The molecule has 0 aliphatic rings. The van der Waals surface area contributed by atoms with E-state index < -0.39 is 23.9 Å². The number of aromatic amines is 1. The molecule has 43 heavy (non-hydrogen) atoms. The minimum absolute atomic E-state index is 0.0950. The third kappa shape index (κ3) is 9.09. The number of primary amides is 1. The summed E-state index contributed by atoms with van der Waals surface area (Å²) < 4.78 is 13.7. The quantitative estimate of drug-likeness (QED) is 0.107. The lowest BCUT2D eigenvalue weighted by atomic mass is 9.87. The largest absolute Gasteiger partial charge is 0.480 e. The molecule has 1 amide bonds. The van der Waals surface area contributed by atoms with Crippen LogP contribution in [0, 0.1) is 5.82 Å². The van der Waals surface area contributed by atoms with E-state index in [1.807, 2.05) is 43.3 Å². The second-order valence-electron chi connectivity index (χ2n) is 9.48. The number of halogens is 2. The van der Waals surface area contributed by atoms with Gasteiger partial charge >= 0.3 is 11.9 Å². The van der Waals surface area contributed by atoms with E-state index in [0.29, 0.717) is 11.4 Å². The molecule has 0 bridgehead atoms. The molecule has 0 spiro atoms.